The molecule has 6 nitrogen and oxygen atoms in total. The van der Waals surface area contributed by atoms with Crippen molar-refractivity contribution in [3.8, 4) is 17.0 Å². The van der Waals surface area contributed by atoms with E-state index >= 15 is 0 Å². The number of nitrogens with one attached hydrogen (secondary N) is 1. The molecule has 1 unspecified atom stereocenters. The lowest BCUT2D eigenvalue weighted by molar-refractivity contribution is 0.0932. The van der Waals surface area contributed by atoms with Crippen LogP contribution in [0.25, 0.3) is 22.2 Å². The summed E-state index contributed by atoms with van der Waals surface area (Å²) < 4.78 is 30.0. The van der Waals surface area contributed by atoms with Crippen LogP contribution in [0.4, 0.5) is 0 Å². The molecule has 3 aromatic carbocycles. The van der Waals surface area contributed by atoms with Gasteiger partial charge >= 0.3 is 10.1 Å². The van der Waals surface area contributed by atoms with Crippen molar-refractivity contribution < 1.29 is 17.4 Å². The summed E-state index contributed by atoms with van der Waals surface area (Å²) >= 11 is 0. The largest absolute Gasteiger partial charge is 0.379 e. The topological polar surface area (TPSA) is 85.4 Å². The molecular formula is C27H24N2O4S. The Hall–Kier alpha value is -3.71. The highest BCUT2D eigenvalue weighted by molar-refractivity contribution is 7.86. The monoisotopic (exact) mass is 472 g/mol. The Morgan fingerprint density at radius 3 is 2.21 bits per heavy atom. The normalized spacial score (nSPS) is 14.5. The Bertz CT molecular complexity index is 1450. The molecule has 1 N–H and O–H groups in total. The fourth-order valence-corrected chi connectivity index (χ4v) is 4.69. The summed E-state index contributed by atoms with van der Waals surface area (Å²) in [5.74, 6) is -0.116. The fraction of sp³-hybridized carbons (Fsp3) is 0.185. The van der Waals surface area contributed by atoms with Gasteiger partial charge in [0.1, 0.15) is 5.69 Å². The predicted molar refractivity (Wildman–Crippen MR) is 132 cm³/mol. The van der Waals surface area contributed by atoms with Gasteiger partial charge in [-0.2, -0.15) is 8.42 Å². The number of benzene rings is 3. The van der Waals surface area contributed by atoms with Crippen LogP contribution >= 0.6 is 0 Å². The molecule has 1 aromatic heterocycles. The molecule has 34 heavy (non-hydrogen) atoms. The van der Waals surface area contributed by atoms with Gasteiger partial charge in [-0.1, -0.05) is 78.9 Å². The van der Waals surface area contributed by atoms with E-state index in [1.54, 1.807) is 18.2 Å². The molecule has 0 spiro atoms. The Balaban J connectivity index is 1.70. The standard InChI is InChI=1S/C27H24N2O4S/c1-34(31,32)33-26-23(27(30)29-24(20-16-17-20)18-10-4-2-5-11-18)21-14-8-9-15-22(21)28-25(26)19-12-6-3-7-13-19/h2-15,20,24H,16-17H2,1H3,(H,29,30). The van der Waals surface area contributed by atoms with Gasteiger partial charge in [-0.3, -0.25) is 4.79 Å². The quantitative estimate of drug-likeness (QED) is 0.377. The zero-order valence-electron chi connectivity index (χ0n) is 18.6. The maximum atomic E-state index is 13.9. The average molecular weight is 473 g/mol. The smallest absolute Gasteiger partial charge is 0.306 e. The first-order valence-electron chi connectivity index (χ1n) is 11.1. The molecule has 5 rings (SSSR count). The van der Waals surface area contributed by atoms with Crippen molar-refractivity contribution in [3.05, 3.63) is 96.1 Å². The van der Waals surface area contributed by atoms with E-state index < -0.39 is 16.0 Å². The van der Waals surface area contributed by atoms with E-state index in [1.165, 1.54) is 0 Å². The lowest BCUT2D eigenvalue weighted by Gasteiger charge is -2.21. The van der Waals surface area contributed by atoms with Crippen LogP contribution in [0.2, 0.25) is 0 Å². The van der Waals surface area contributed by atoms with Gasteiger partial charge in [0.2, 0.25) is 0 Å². The van der Waals surface area contributed by atoms with Crippen molar-refractivity contribution in [2.75, 3.05) is 6.26 Å². The van der Waals surface area contributed by atoms with Gasteiger partial charge in [0, 0.05) is 10.9 Å². The molecule has 0 aliphatic heterocycles. The molecule has 0 saturated heterocycles. The summed E-state index contributed by atoms with van der Waals surface area (Å²) in [6.45, 7) is 0. The fourth-order valence-electron chi connectivity index (χ4n) is 4.22. The summed E-state index contributed by atoms with van der Waals surface area (Å²) in [7, 11) is -3.94. The highest BCUT2D eigenvalue weighted by atomic mass is 32.2. The van der Waals surface area contributed by atoms with Crippen LogP contribution in [0.1, 0.15) is 34.8 Å². The Morgan fingerprint density at radius 2 is 1.56 bits per heavy atom. The molecule has 0 radical (unpaired) electrons. The van der Waals surface area contributed by atoms with E-state index in [0.29, 0.717) is 28.1 Å². The zero-order valence-corrected chi connectivity index (χ0v) is 19.5. The molecule has 1 aliphatic rings. The van der Waals surface area contributed by atoms with Gasteiger partial charge in [-0.15, -0.1) is 0 Å². The van der Waals surface area contributed by atoms with E-state index in [2.05, 4.69) is 10.3 Å². The molecule has 1 saturated carbocycles. The van der Waals surface area contributed by atoms with Gasteiger partial charge in [-0.05, 0) is 30.4 Å². The number of pyridine rings is 1. The molecule has 7 heteroatoms. The van der Waals surface area contributed by atoms with Crippen molar-refractivity contribution >= 4 is 26.9 Å². The van der Waals surface area contributed by atoms with Crippen LogP contribution < -0.4 is 9.50 Å². The number of rotatable bonds is 7. The van der Waals surface area contributed by atoms with E-state index in [9.17, 15) is 13.2 Å². The summed E-state index contributed by atoms with van der Waals surface area (Å²) in [5.41, 5.74) is 2.72. The Kier molecular flexibility index (Phi) is 5.79. The number of nitrogens with zero attached hydrogens (tertiary/aromatic N) is 1. The Morgan fingerprint density at radius 1 is 0.941 bits per heavy atom. The lowest BCUT2D eigenvalue weighted by Crippen LogP contribution is -2.31. The Labute approximate surface area is 198 Å². The van der Waals surface area contributed by atoms with E-state index in [0.717, 1.165) is 24.7 Å². The second-order valence-electron chi connectivity index (χ2n) is 8.53. The molecule has 1 amide bonds. The van der Waals surface area contributed by atoms with E-state index in [-0.39, 0.29) is 17.4 Å². The summed E-state index contributed by atoms with van der Waals surface area (Å²) in [6, 6.07) is 26.0. The minimum Gasteiger partial charge on any atom is -0.379 e. The number of para-hydroxylation sites is 1. The van der Waals surface area contributed by atoms with Crippen LogP contribution in [0, 0.1) is 5.92 Å². The van der Waals surface area contributed by atoms with Gasteiger partial charge in [0.05, 0.1) is 23.4 Å². The first-order valence-corrected chi connectivity index (χ1v) is 13.0. The van der Waals surface area contributed by atoms with Gasteiger partial charge in [0.15, 0.2) is 5.75 Å². The van der Waals surface area contributed by atoms with Crippen molar-refractivity contribution in [1.29, 1.82) is 0 Å². The van der Waals surface area contributed by atoms with Crippen molar-refractivity contribution in [1.82, 2.24) is 10.3 Å². The highest BCUT2D eigenvalue weighted by Gasteiger charge is 2.35. The van der Waals surface area contributed by atoms with Crippen LogP contribution in [-0.4, -0.2) is 25.6 Å². The minimum absolute atomic E-state index is 0.0625. The number of aromatic nitrogens is 1. The van der Waals surface area contributed by atoms with Crippen LogP contribution in [0.3, 0.4) is 0 Å². The van der Waals surface area contributed by atoms with Crippen molar-refractivity contribution in [2.24, 2.45) is 5.92 Å². The van der Waals surface area contributed by atoms with Crippen LogP contribution in [-0.2, 0) is 10.1 Å². The number of hydrogen-bond donors (Lipinski definition) is 1. The van der Waals surface area contributed by atoms with Gasteiger partial charge in [0.25, 0.3) is 5.91 Å². The van der Waals surface area contributed by atoms with Crippen molar-refractivity contribution in [3.63, 3.8) is 0 Å². The third-order valence-electron chi connectivity index (χ3n) is 5.90. The molecule has 1 atom stereocenters. The van der Waals surface area contributed by atoms with Gasteiger partial charge in [-0.25, -0.2) is 4.98 Å². The maximum Gasteiger partial charge on any atom is 0.306 e. The number of fused-ring (bicyclic) bond motifs is 1. The number of carbonyl (C=O) groups excluding carboxylic acids is 1. The van der Waals surface area contributed by atoms with E-state index in [1.807, 2.05) is 66.7 Å². The van der Waals surface area contributed by atoms with Crippen LogP contribution in [0.15, 0.2) is 84.9 Å². The summed E-state index contributed by atoms with van der Waals surface area (Å²) in [4.78, 5) is 18.5. The lowest BCUT2D eigenvalue weighted by atomic mass is 9.99. The SMILES string of the molecule is CS(=O)(=O)Oc1c(-c2ccccc2)nc2ccccc2c1C(=O)NC(c1ccccc1)C1CC1. The zero-order chi connectivity index (χ0) is 23.7. The number of amides is 1. The number of hydrogen-bond acceptors (Lipinski definition) is 5. The first-order chi connectivity index (χ1) is 16.4. The third kappa shape index (κ3) is 4.65. The molecule has 1 fully saturated rings. The molecule has 0 bridgehead atoms. The molecule has 1 aliphatic carbocycles. The third-order valence-corrected chi connectivity index (χ3v) is 6.36. The molecule has 4 aromatic rings. The summed E-state index contributed by atoms with van der Waals surface area (Å²) in [6.07, 6.45) is 3.02. The van der Waals surface area contributed by atoms with Crippen molar-refractivity contribution in [2.45, 2.75) is 18.9 Å². The second-order valence-corrected chi connectivity index (χ2v) is 10.1. The van der Waals surface area contributed by atoms with E-state index in [4.69, 9.17) is 4.18 Å². The molecular weight excluding hydrogens is 448 g/mol. The highest BCUT2D eigenvalue weighted by Crippen LogP contribution is 2.42. The van der Waals surface area contributed by atoms with Gasteiger partial charge < -0.3 is 9.50 Å². The maximum absolute atomic E-state index is 13.9. The molecule has 172 valence electrons. The predicted octanol–water partition coefficient (Wildman–Crippen LogP) is 5.12. The minimum atomic E-state index is -3.94. The number of carbonyl (C=O) groups is 1. The molecule has 1 heterocycles. The second kappa shape index (κ2) is 8.91. The first kappa shape index (κ1) is 22.1. The average Bonchev–Trinajstić information content (AvgIpc) is 3.67. The summed E-state index contributed by atoms with van der Waals surface area (Å²) in [5, 5.41) is 3.70. The van der Waals surface area contributed by atoms with Crippen LogP contribution in [0.5, 0.6) is 5.75 Å².